The van der Waals surface area contributed by atoms with Crippen molar-refractivity contribution >= 4 is 10.9 Å². The van der Waals surface area contributed by atoms with Crippen LogP contribution in [0, 0.1) is 0 Å². The van der Waals surface area contributed by atoms with Crippen LogP contribution in [0.25, 0.3) is 44.4 Å². The minimum atomic E-state index is -0.331. The Kier molecular flexibility index (Phi) is 3.31. The number of pyridine rings is 2. The molecule has 0 amide bonds. The summed E-state index contributed by atoms with van der Waals surface area (Å²) in [5.41, 5.74) is 16.6. The highest BCUT2D eigenvalue weighted by molar-refractivity contribution is 5.97. The number of hydrogen-bond donors (Lipinski definition) is 0. The number of benzene rings is 4. The second kappa shape index (κ2) is 6.35. The van der Waals surface area contributed by atoms with E-state index in [9.17, 15) is 0 Å². The second-order valence-corrected chi connectivity index (χ2v) is 10.2. The summed E-state index contributed by atoms with van der Waals surface area (Å²) in [6, 6.07) is 36.0. The Bertz CT molecular complexity index is 1890. The summed E-state index contributed by atoms with van der Waals surface area (Å²) in [7, 11) is 0. The molecule has 2 aromatic heterocycles. The molecule has 0 fully saturated rings. The first-order valence-corrected chi connectivity index (χ1v) is 12.5. The third kappa shape index (κ3) is 2.06. The van der Waals surface area contributed by atoms with Gasteiger partial charge in [-0.3, -0.25) is 9.97 Å². The van der Waals surface area contributed by atoms with Crippen molar-refractivity contribution < 1.29 is 0 Å². The summed E-state index contributed by atoms with van der Waals surface area (Å²) in [5.74, 6) is 0. The standard InChI is InChI=1S/C34H20N2/c1-3-10-28-23(8-1)27-19-26-21(15-22-18-32-20(16-25(22)26)7-5-13-35-32)17-31(27)34(28)29-11-4-2-9-24(29)33-30(34)12-6-14-36-33/h1-14,16-19H,15H2. The van der Waals surface area contributed by atoms with Crippen LogP contribution in [0.15, 0.2) is 109 Å². The molecule has 2 heteroatoms. The SMILES string of the molecule is c1ccc2c(c1)-c1cc3c(cc1C21c2ccccc2-c2ncccc21)Cc1cc2ncccc2cc1-3. The summed E-state index contributed by atoms with van der Waals surface area (Å²) >= 11 is 0. The maximum absolute atomic E-state index is 4.89. The number of rotatable bonds is 0. The molecule has 1 spiro atoms. The molecule has 0 bridgehead atoms. The average molecular weight is 457 g/mol. The fourth-order valence-electron chi connectivity index (χ4n) is 7.20. The van der Waals surface area contributed by atoms with Gasteiger partial charge in [0.25, 0.3) is 0 Å². The minimum absolute atomic E-state index is 0.331. The lowest BCUT2D eigenvalue weighted by atomic mass is 9.70. The van der Waals surface area contributed by atoms with Crippen LogP contribution in [0.5, 0.6) is 0 Å². The summed E-state index contributed by atoms with van der Waals surface area (Å²) < 4.78 is 0. The largest absolute Gasteiger partial charge is 0.256 e. The maximum Gasteiger partial charge on any atom is 0.0753 e. The van der Waals surface area contributed by atoms with Gasteiger partial charge in [0.2, 0.25) is 0 Å². The van der Waals surface area contributed by atoms with Gasteiger partial charge in [0.1, 0.15) is 0 Å². The summed E-state index contributed by atoms with van der Waals surface area (Å²) in [4.78, 5) is 9.51. The van der Waals surface area contributed by atoms with E-state index < -0.39 is 0 Å². The van der Waals surface area contributed by atoms with Gasteiger partial charge in [-0.15, -0.1) is 0 Å². The van der Waals surface area contributed by atoms with Crippen LogP contribution in [0.3, 0.4) is 0 Å². The Morgan fingerprint density at radius 2 is 1.19 bits per heavy atom. The van der Waals surface area contributed by atoms with Gasteiger partial charge in [-0.25, -0.2) is 0 Å². The van der Waals surface area contributed by atoms with Gasteiger partial charge in [-0.1, -0.05) is 66.7 Å². The molecule has 4 aromatic carbocycles. The Morgan fingerprint density at radius 3 is 2.11 bits per heavy atom. The van der Waals surface area contributed by atoms with E-state index in [4.69, 9.17) is 4.98 Å². The number of aromatic nitrogens is 2. The smallest absolute Gasteiger partial charge is 0.0753 e. The lowest BCUT2D eigenvalue weighted by Gasteiger charge is -2.30. The third-order valence-corrected chi connectivity index (χ3v) is 8.57. The first-order valence-electron chi connectivity index (χ1n) is 12.5. The molecule has 6 aromatic rings. The minimum Gasteiger partial charge on any atom is -0.256 e. The first kappa shape index (κ1) is 18.7. The van der Waals surface area contributed by atoms with Crippen LogP contribution < -0.4 is 0 Å². The van der Waals surface area contributed by atoms with E-state index in [1.807, 2.05) is 18.5 Å². The molecular formula is C34H20N2. The molecular weight excluding hydrogens is 436 g/mol. The molecule has 0 saturated carbocycles. The summed E-state index contributed by atoms with van der Waals surface area (Å²) in [6.45, 7) is 0. The summed E-state index contributed by atoms with van der Waals surface area (Å²) in [5, 5.41) is 1.20. The highest BCUT2D eigenvalue weighted by atomic mass is 14.7. The van der Waals surface area contributed by atoms with Crippen molar-refractivity contribution in [3.8, 4) is 33.5 Å². The van der Waals surface area contributed by atoms with Crippen molar-refractivity contribution in [1.82, 2.24) is 9.97 Å². The second-order valence-electron chi connectivity index (χ2n) is 10.2. The van der Waals surface area contributed by atoms with E-state index in [0.717, 1.165) is 17.6 Å². The zero-order valence-corrected chi connectivity index (χ0v) is 19.5. The molecule has 9 rings (SSSR count). The van der Waals surface area contributed by atoms with Gasteiger partial charge >= 0.3 is 0 Å². The molecule has 2 heterocycles. The highest BCUT2D eigenvalue weighted by Crippen LogP contribution is 2.63. The fourth-order valence-corrected chi connectivity index (χ4v) is 7.20. The van der Waals surface area contributed by atoms with E-state index in [1.165, 1.54) is 66.6 Å². The van der Waals surface area contributed by atoms with E-state index in [0.29, 0.717) is 0 Å². The van der Waals surface area contributed by atoms with Crippen LogP contribution >= 0.6 is 0 Å². The lowest BCUT2D eigenvalue weighted by molar-refractivity contribution is 0.790. The van der Waals surface area contributed by atoms with E-state index in [-0.39, 0.29) is 5.41 Å². The van der Waals surface area contributed by atoms with Crippen molar-refractivity contribution in [2.75, 3.05) is 0 Å². The monoisotopic (exact) mass is 456 g/mol. The molecule has 2 nitrogen and oxygen atoms in total. The van der Waals surface area contributed by atoms with Gasteiger partial charge in [-0.2, -0.15) is 0 Å². The zero-order valence-electron chi connectivity index (χ0n) is 19.5. The number of fused-ring (bicyclic) bond motifs is 14. The van der Waals surface area contributed by atoms with Crippen molar-refractivity contribution in [1.29, 1.82) is 0 Å². The third-order valence-electron chi connectivity index (χ3n) is 8.57. The molecule has 1 atom stereocenters. The van der Waals surface area contributed by atoms with Gasteiger partial charge < -0.3 is 0 Å². The topological polar surface area (TPSA) is 25.8 Å². The fraction of sp³-hybridized carbons (Fsp3) is 0.0588. The molecule has 0 radical (unpaired) electrons. The van der Waals surface area contributed by atoms with Crippen molar-refractivity contribution in [2.45, 2.75) is 11.8 Å². The Hall–Kier alpha value is -4.56. The van der Waals surface area contributed by atoms with Crippen LogP contribution in [0.1, 0.15) is 33.4 Å². The van der Waals surface area contributed by atoms with Gasteiger partial charge in [0, 0.05) is 23.3 Å². The van der Waals surface area contributed by atoms with Crippen LogP contribution in [-0.4, -0.2) is 9.97 Å². The van der Waals surface area contributed by atoms with Gasteiger partial charge in [0.15, 0.2) is 0 Å². The predicted octanol–water partition coefficient (Wildman–Crippen LogP) is 7.54. The molecule has 1 unspecified atom stereocenters. The lowest BCUT2D eigenvalue weighted by Crippen LogP contribution is -2.26. The molecule has 0 saturated heterocycles. The summed E-state index contributed by atoms with van der Waals surface area (Å²) in [6.07, 6.45) is 4.75. The molecule has 3 aliphatic carbocycles. The Labute approximate surface area is 208 Å². The van der Waals surface area contributed by atoms with Gasteiger partial charge in [-0.05, 0) is 92.4 Å². The normalized spacial score (nSPS) is 17.4. The zero-order chi connectivity index (χ0) is 23.4. The molecule has 3 aliphatic rings. The van der Waals surface area contributed by atoms with Crippen LogP contribution in [0.2, 0.25) is 0 Å². The molecule has 0 N–H and O–H groups in total. The van der Waals surface area contributed by atoms with Crippen LogP contribution in [0.4, 0.5) is 0 Å². The van der Waals surface area contributed by atoms with Crippen molar-refractivity contribution in [3.63, 3.8) is 0 Å². The number of nitrogens with zero attached hydrogens (tertiary/aromatic N) is 2. The van der Waals surface area contributed by atoms with Crippen LogP contribution in [-0.2, 0) is 11.8 Å². The van der Waals surface area contributed by atoms with Gasteiger partial charge in [0.05, 0.1) is 16.6 Å². The Balaban J connectivity index is 1.40. The molecule has 0 aliphatic heterocycles. The molecule has 166 valence electrons. The predicted molar refractivity (Wildman–Crippen MR) is 144 cm³/mol. The van der Waals surface area contributed by atoms with E-state index in [2.05, 4.69) is 96.0 Å². The Morgan fingerprint density at radius 1 is 0.500 bits per heavy atom. The quantitative estimate of drug-likeness (QED) is 0.235. The highest BCUT2D eigenvalue weighted by Gasteiger charge is 2.52. The number of hydrogen-bond acceptors (Lipinski definition) is 2. The molecule has 36 heavy (non-hydrogen) atoms. The van der Waals surface area contributed by atoms with Crippen molar-refractivity contribution in [2.24, 2.45) is 0 Å². The van der Waals surface area contributed by atoms with E-state index >= 15 is 0 Å². The van der Waals surface area contributed by atoms with Crippen molar-refractivity contribution in [3.05, 3.63) is 143 Å². The maximum atomic E-state index is 4.89. The average Bonchev–Trinajstić information content (AvgIpc) is 3.54. The van der Waals surface area contributed by atoms with E-state index in [1.54, 1.807) is 0 Å². The first-order chi connectivity index (χ1) is 17.8.